The van der Waals surface area contributed by atoms with Crippen LogP contribution >= 0.6 is 0 Å². The van der Waals surface area contributed by atoms with E-state index in [0.717, 1.165) is 11.3 Å². The predicted octanol–water partition coefficient (Wildman–Crippen LogP) is 4.32. The van der Waals surface area contributed by atoms with Crippen LogP contribution in [0.1, 0.15) is 30.7 Å². The van der Waals surface area contributed by atoms with Crippen molar-refractivity contribution in [2.75, 3.05) is 4.90 Å². The van der Waals surface area contributed by atoms with Gasteiger partial charge in [0.15, 0.2) is 5.78 Å². The summed E-state index contributed by atoms with van der Waals surface area (Å²) < 4.78 is 0. The zero-order chi connectivity index (χ0) is 20.5. The van der Waals surface area contributed by atoms with Gasteiger partial charge in [0.25, 0.3) is 5.69 Å². The number of benzene rings is 2. The van der Waals surface area contributed by atoms with Crippen molar-refractivity contribution in [3.8, 4) is 6.07 Å². The number of rotatable bonds is 3. The molecule has 1 aliphatic carbocycles. The second kappa shape index (κ2) is 7.32. The molecular formula is C22H18N4O3. The average Bonchev–Trinajstić information content (AvgIpc) is 2.74. The Labute approximate surface area is 167 Å². The van der Waals surface area contributed by atoms with Gasteiger partial charge in [-0.05, 0) is 30.5 Å². The first kappa shape index (κ1) is 18.6. The molecule has 0 fully saturated rings. The van der Waals surface area contributed by atoms with Crippen molar-refractivity contribution in [1.82, 2.24) is 0 Å². The van der Waals surface area contributed by atoms with Crippen molar-refractivity contribution in [2.24, 2.45) is 5.92 Å². The first-order valence-electron chi connectivity index (χ1n) is 9.36. The van der Waals surface area contributed by atoms with Crippen LogP contribution in [0.5, 0.6) is 0 Å². The van der Waals surface area contributed by atoms with Gasteiger partial charge in [0.05, 0.1) is 11.0 Å². The Kier molecular flexibility index (Phi) is 4.69. The number of ketones is 1. The van der Waals surface area contributed by atoms with E-state index in [1.54, 1.807) is 17.0 Å². The zero-order valence-corrected chi connectivity index (χ0v) is 15.5. The predicted molar refractivity (Wildman–Crippen MR) is 107 cm³/mol. The van der Waals surface area contributed by atoms with Gasteiger partial charge in [-0.3, -0.25) is 20.3 Å². The maximum atomic E-state index is 12.9. The number of hydrogen-bond donors (Lipinski definition) is 1. The largest absolute Gasteiger partial charge is 0.301 e. The summed E-state index contributed by atoms with van der Waals surface area (Å²) in [4.78, 5) is 25.1. The molecule has 4 rings (SSSR count). The molecule has 2 aliphatic rings. The van der Waals surface area contributed by atoms with E-state index in [0.29, 0.717) is 30.5 Å². The molecule has 0 radical (unpaired) electrons. The summed E-state index contributed by atoms with van der Waals surface area (Å²) in [6.07, 6.45) is 1.71. The highest BCUT2D eigenvalue weighted by molar-refractivity contribution is 6.10. The molecule has 1 aliphatic heterocycles. The molecule has 7 heteroatoms. The first-order chi connectivity index (χ1) is 14.0. The number of nitriles is 1. The van der Waals surface area contributed by atoms with Crippen LogP contribution in [-0.4, -0.2) is 16.5 Å². The van der Waals surface area contributed by atoms with Crippen LogP contribution in [0.4, 0.5) is 11.4 Å². The first-order valence-corrected chi connectivity index (χ1v) is 9.36. The molecule has 144 valence electrons. The maximum absolute atomic E-state index is 12.9. The summed E-state index contributed by atoms with van der Waals surface area (Å²) >= 11 is 0. The third-order valence-corrected chi connectivity index (χ3v) is 5.49. The van der Waals surface area contributed by atoms with Crippen LogP contribution in [0.25, 0.3) is 0 Å². The summed E-state index contributed by atoms with van der Waals surface area (Å²) in [5.74, 6) is -1.22. The molecule has 0 spiro atoms. The van der Waals surface area contributed by atoms with Crippen molar-refractivity contribution in [3.63, 3.8) is 0 Å². The smallest absolute Gasteiger partial charge is 0.269 e. The number of nitrogens with one attached hydrogen (secondary N) is 1. The fraction of sp³-hybridized carbons (Fsp3) is 0.227. The quantitative estimate of drug-likeness (QED) is 0.624. The minimum atomic E-state index is -0.826. The van der Waals surface area contributed by atoms with E-state index in [1.165, 1.54) is 12.1 Å². The number of nitro groups is 1. The van der Waals surface area contributed by atoms with Crippen molar-refractivity contribution in [2.45, 2.75) is 25.2 Å². The summed E-state index contributed by atoms with van der Waals surface area (Å²) in [5.41, 5.74) is 2.65. The molecule has 2 atom stereocenters. The zero-order valence-electron chi connectivity index (χ0n) is 15.5. The summed E-state index contributed by atoms with van der Waals surface area (Å²) in [6, 6.07) is 17.5. The van der Waals surface area contributed by atoms with E-state index in [4.69, 9.17) is 5.41 Å². The van der Waals surface area contributed by atoms with Gasteiger partial charge in [0.1, 0.15) is 11.8 Å². The van der Waals surface area contributed by atoms with Crippen molar-refractivity contribution in [1.29, 1.82) is 10.7 Å². The molecule has 2 aromatic rings. The molecule has 0 amide bonds. The minimum Gasteiger partial charge on any atom is -0.301 e. The molecule has 0 saturated carbocycles. The molecular weight excluding hydrogens is 368 g/mol. The Morgan fingerprint density at radius 2 is 1.79 bits per heavy atom. The Morgan fingerprint density at radius 1 is 1.10 bits per heavy atom. The lowest BCUT2D eigenvalue weighted by Crippen LogP contribution is -2.45. The highest BCUT2D eigenvalue weighted by atomic mass is 16.6. The molecule has 1 heterocycles. The van der Waals surface area contributed by atoms with Gasteiger partial charge in [0.2, 0.25) is 0 Å². The Bertz CT molecular complexity index is 1070. The summed E-state index contributed by atoms with van der Waals surface area (Å²) in [5, 5.41) is 29.7. The highest BCUT2D eigenvalue weighted by Crippen LogP contribution is 2.46. The van der Waals surface area contributed by atoms with Crippen LogP contribution < -0.4 is 4.90 Å². The van der Waals surface area contributed by atoms with Gasteiger partial charge >= 0.3 is 0 Å². The van der Waals surface area contributed by atoms with E-state index in [9.17, 15) is 20.2 Å². The fourth-order valence-corrected chi connectivity index (χ4v) is 4.21. The van der Waals surface area contributed by atoms with Crippen LogP contribution in [0.3, 0.4) is 0 Å². The average molecular weight is 386 g/mol. The molecule has 29 heavy (non-hydrogen) atoms. The normalized spacial score (nSPS) is 21.6. The van der Waals surface area contributed by atoms with E-state index < -0.39 is 16.8 Å². The standard InChI is InChI=1S/C22H18N4O3/c23-13-17-20(14-5-2-1-3-6-14)21-18(7-4-8-19(21)27)25(22(17)24)15-9-11-16(12-10-15)26(28)29/h1-3,5-6,9-12,17,20,24H,4,7-8H2. The number of carbonyl (C=O) groups is 1. The van der Waals surface area contributed by atoms with Crippen molar-refractivity contribution < 1.29 is 9.72 Å². The molecule has 1 N–H and O–H groups in total. The molecule has 0 saturated heterocycles. The number of carbonyl (C=O) groups excluding carboxylic acids is 1. The number of hydrogen-bond acceptors (Lipinski definition) is 5. The van der Waals surface area contributed by atoms with E-state index in [-0.39, 0.29) is 17.3 Å². The minimum absolute atomic E-state index is 0.000218. The topological polar surface area (TPSA) is 111 Å². The SMILES string of the molecule is N#CC1C(=N)N(c2ccc([N+](=O)[O-])cc2)C2=C(C(=O)CCC2)C1c1ccccc1. The van der Waals surface area contributed by atoms with Gasteiger partial charge in [-0.2, -0.15) is 5.26 Å². The van der Waals surface area contributed by atoms with Crippen LogP contribution in [0.2, 0.25) is 0 Å². The van der Waals surface area contributed by atoms with Gasteiger partial charge in [0, 0.05) is 41.4 Å². The monoisotopic (exact) mass is 386 g/mol. The third kappa shape index (κ3) is 3.09. The molecule has 2 unspecified atom stereocenters. The lowest BCUT2D eigenvalue weighted by molar-refractivity contribution is -0.384. The van der Waals surface area contributed by atoms with Gasteiger partial charge in [-0.15, -0.1) is 0 Å². The van der Waals surface area contributed by atoms with E-state index in [2.05, 4.69) is 6.07 Å². The number of nitrogens with zero attached hydrogens (tertiary/aromatic N) is 3. The lowest BCUT2D eigenvalue weighted by atomic mass is 9.72. The Morgan fingerprint density at radius 3 is 2.41 bits per heavy atom. The van der Waals surface area contributed by atoms with Gasteiger partial charge < -0.3 is 4.90 Å². The Hall–Kier alpha value is -3.79. The van der Waals surface area contributed by atoms with Gasteiger partial charge in [-0.1, -0.05) is 30.3 Å². The highest BCUT2D eigenvalue weighted by Gasteiger charge is 2.44. The second-order valence-electron chi connectivity index (χ2n) is 7.13. The van der Waals surface area contributed by atoms with E-state index >= 15 is 0 Å². The number of allylic oxidation sites excluding steroid dienone is 2. The summed E-state index contributed by atoms with van der Waals surface area (Å²) in [7, 11) is 0. The molecule has 0 bridgehead atoms. The maximum Gasteiger partial charge on any atom is 0.269 e. The van der Waals surface area contributed by atoms with Gasteiger partial charge in [-0.25, -0.2) is 0 Å². The lowest BCUT2D eigenvalue weighted by Gasteiger charge is -2.42. The second-order valence-corrected chi connectivity index (χ2v) is 7.13. The van der Waals surface area contributed by atoms with Crippen LogP contribution in [0.15, 0.2) is 65.9 Å². The number of Topliss-reactive ketones (excluding diaryl/α,β-unsaturated/α-hetero) is 1. The molecule has 0 aromatic heterocycles. The number of amidine groups is 1. The van der Waals surface area contributed by atoms with Crippen molar-refractivity contribution in [3.05, 3.63) is 81.5 Å². The van der Waals surface area contributed by atoms with E-state index in [1.807, 2.05) is 30.3 Å². The fourth-order valence-electron chi connectivity index (χ4n) is 4.21. The van der Waals surface area contributed by atoms with Crippen molar-refractivity contribution >= 4 is 23.0 Å². The molecule has 7 nitrogen and oxygen atoms in total. The number of anilines is 1. The molecule has 2 aromatic carbocycles. The van der Waals surface area contributed by atoms with Crippen LogP contribution in [0, 0.1) is 32.8 Å². The Balaban J connectivity index is 1.90. The third-order valence-electron chi connectivity index (χ3n) is 5.49. The van der Waals surface area contributed by atoms with Crippen LogP contribution in [-0.2, 0) is 4.79 Å². The number of non-ortho nitro benzene ring substituents is 1. The number of nitro benzene ring substituents is 1. The summed E-state index contributed by atoms with van der Waals surface area (Å²) in [6.45, 7) is 0.